The molecule has 0 aliphatic carbocycles. The quantitative estimate of drug-likeness (QED) is 0.902. The standard InChI is InChI=1S/C13H13ClN2OS/c1-8-10(13(15)17)3-2-4-11(8)16-7-9-5-6-12(14)18-9/h2-6,16H,7H2,1H3,(H2,15,17). The molecule has 0 bridgehead atoms. The first-order valence-corrected chi connectivity index (χ1v) is 6.65. The van der Waals surface area contributed by atoms with Crippen molar-refractivity contribution in [1.82, 2.24) is 0 Å². The Morgan fingerprint density at radius 1 is 1.39 bits per heavy atom. The molecule has 2 rings (SSSR count). The zero-order valence-electron chi connectivity index (χ0n) is 9.87. The van der Waals surface area contributed by atoms with Gasteiger partial charge in [-0.1, -0.05) is 17.7 Å². The predicted molar refractivity (Wildman–Crippen MR) is 76.4 cm³/mol. The number of rotatable bonds is 4. The van der Waals surface area contributed by atoms with Gasteiger partial charge < -0.3 is 11.1 Å². The van der Waals surface area contributed by atoms with Crippen molar-refractivity contribution in [2.45, 2.75) is 13.5 Å². The molecule has 1 aromatic heterocycles. The summed E-state index contributed by atoms with van der Waals surface area (Å²) >= 11 is 7.40. The first kappa shape index (κ1) is 12.9. The summed E-state index contributed by atoms with van der Waals surface area (Å²) in [6.07, 6.45) is 0. The van der Waals surface area contributed by atoms with E-state index in [1.54, 1.807) is 6.07 Å². The summed E-state index contributed by atoms with van der Waals surface area (Å²) in [4.78, 5) is 12.4. The van der Waals surface area contributed by atoms with Crippen LogP contribution in [-0.4, -0.2) is 5.91 Å². The Morgan fingerprint density at radius 3 is 2.78 bits per heavy atom. The van der Waals surface area contributed by atoms with Crippen LogP contribution in [0.1, 0.15) is 20.8 Å². The number of nitrogens with two attached hydrogens (primary N) is 1. The van der Waals surface area contributed by atoms with E-state index in [2.05, 4.69) is 5.32 Å². The Labute approximate surface area is 115 Å². The van der Waals surface area contributed by atoms with E-state index in [4.69, 9.17) is 17.3 Å². The van der Waals surface area contributed by atoms with Crippen molar-refractivity contribution in [2.24, 2.45) is 5.73 Å². The minimum atomic E-state index is -0.407. The highest BCUT2D eigenvalue weighted by Crippen LogP contribution is 2.24. The van der Waals surface area contributed by atoms with E-state index in [9.17, 15) is 4.79 Å². The van der Waals surface area contributed by atoms with Gasteiger partial charge in [-0.15, -0.1) is 11.3 Å². The largest absolute Gasteiger partial charge is 0.380 e. The minimum absolute atomic E-state index is 0.407. The highest BCUT2D eigenvalue weighted by molar-refractivity contribution is 7.16. The van der Waals surface area contributed by atoms with Crippen molar-refractivity contribution in [3.8, 4) is 0 Å². The molecule has 0 unspecified atom stereocenters. The highest BCUT2D eigenvalue weighted by Gasteiger charge is 2.08. The SMILES string of the molecule is Cc1c(NCc2ccc(Cl)s2)cccc1C(N)=O. The molecule has 0 aliphatic heterocycles. The third kappa shape index (κ3) is 2.83. The van der Waals surface area contributed by atoms with E-state index in [1.165, 1.54) is 11.3 Å². The molecular formula is C13H13ClN2OS. The van der Waals surface area contributed by atoms with Crippen molar-refractivity contribution < 1.29 is 4.79 Å². The summed E-state index contributed by atoms with van der Waals surface area (Å²) in [5.74, 6) is -0.407. The summed E-state index contributed by atoms with van der Waals surface area (Å²) in [7, 11) is 0. The van der Waals surface area contributed by atoms with Crippen LogP contribution >= 0.6 is 22.9 Å². The third-order valence-corrected chi connectivity index (χ3v) is 3.91. The second-order valence-corrected chi connectivity index (χ2v) is 5.70. The number of carbonyl (C=O) groups excluding carboxylic acids is 1. The maximum absolute atomic E-state index is 11.2. The number of primary amides is 1. The molecule has 1 aromatic carbocycles. The molecule has 2 aromatic rings. The summed E-state index contributed by atoms with van der Waals surface area (Å²) < 4.78 is 0.773. The molecule has 0 spiro atoms. The fourth-order valence-corrected chi connectivity index (χ4v) is 2.75. The van der Waals surface area contributed by atoms with Crippen molar-refractivity contribution in [2.75, 3.05) is 5.32 Å². The van der Waals surface area contributed by atoms with Gasteiger partial charge >= 0.3 is 0 Å². The first-order valence-electron chi connectivity index (χ1n) is 5.45. The van der Waals surface area contributed by atoms with Gasteiger partial charge in [-0.05, 0) is 36.8 Å². The Balaban J connectivity index is 2.14. The summed E-state index contributed by atoms with van der Waals surface area (Å²) in [6, 6.07) is 9.32. The van der Waals surface area contributed by atoms with Crippen LogP contribution in [-0.2, 0) is 6.54 Å². The molecule has 3 nitrogen and oxygen atoms in total. The Bertz CT molecular complexity index is 580. The molecule has 5 heteroatoms. The normalized spacial score (nSPS) is 10.3. The van der Waals surface area contributed by atoms with E-state index in [1.807, 2.05) is 31.2 Å². The molecule has 3 N–H and O–H groups in total. The third-order valence-electron chi connectivity index (χ3n) is 2.68. The molecule has 0 aliphatic rings. The molecule has 0 saturated carbocycles. The Morgan fingerprint density at radius 2 is 2.17 bits per heavy atom. The van der Waals surface area contributed by atoms with Crippen LogP contribution in [0.5, 0.6) is 0 Å². The summed E-state index contributed by atoms with van der Waals surface area (Å²) in [5, 5.41) is 3.28. The second-order valence-electron chi connectivity index (χ2n) is 3.90. The Kier molecular flexibility index (Phi) is 3.89. The van der Waals surface area contributed by atoms with Gasteiger partial charge in [0.15, 0.2) is 0 Å². The van der Waals surface area contributed by atoms with E-state index < -0.39 is 5.91 Å². The highest BCUT2D eigenvalue weighted by atomic mass is 35.5. The molecule has 18 heavy (non-hydrogen) atoms. The average molecular weight is 281 g/mol. The van der Waals surface area contributed by atoms with Crippen molar-refractivity contribution in [3.63, 3.8) is 0 Å². The van der Waals surface area contributed by atoms with Gasteiger partial charge in [0.05, 0.1) is 4.34 Å². The van der Waals surface area contributed by atoms with Crippen LogP contribution in [0.25, 0.3) is 0 Å². The van der Waals surface area contributed by atoms with Crippen LogP contribution in [0.15, 0.2) is 30.3 Å². The van der Waals surface area contributed by atoms with Gasteiger partial charge in [-0.3, -0.25) is 4.79 Å². The lowest BCUT2D eigenvalue weighted by Gasteiger charge is -2.10. The molecule has 1 amide bonds. The van der Waals surface area contributed by atoms with Crippen molar-refractivity contribution in [1.29, 1.82) is 0 Å². The van der Waals surface area contributed by atoms with Crippen LogP contribution in [0.4, 0.5) is 5.69 Å². The maximum atomic E-state index is 11.2. The van der Waals surface area contributed by atoms with Crippen LogP contribution < -0.4 is 11.1 Å². The number of amides is 1. The monoisotopic (exact) mass is 280 g/mol. The lowest BCUT2D eigenvalue weighted by Crippen LogP contribution is -2.13. The van der Waals surface area contributed by atoms with Gasteiger partial charge in [0.1, 0.15) is 0 Å². The second kappa shape index (κ2) is 5.42. The topological polar surface area (TPSA) is 55.1 Å². The fraction of sp³-hybridized carbons (Fsp3) is 0.154. The first-order chi connectivity index (χ1) is 8.58. The zero-order valence-corrected chi connectivity index (χ0v) is 11.4. The minimum Gasteiger partial charge on any atom is -0.380 e. The van der Waals surface area contributed by atoms with Gasteiger partial charge in [0.25, 0.3) is 0 Å². The van der Waals surface area contributed by atoms with Gasteiger partial charge in [0.2, 0.25) is 5.91 Å². The summed E-state index contributed by atoms with van der Waals surface area (Å²) in [5.41, 5.74) is 7.64. The maximum Gasteiger partial charge on any atom is 0.249 e. The molecule has 0 atom stereocenters. The van der Waals surface area contributed by atoms with E-state index in [-0.39, 0.29) is 0 Å². The van der Waals surface area contributed by atoms with Crippen molar-refractivity contribution in [3.05, 3.63) is 50.7 Å². The van der Waals surface area contributed by atoms with Crippen LogP contribution in [0.2, 0.25) is 4.34 Å². The average Bonchev–Trinajstić information content (AvgIpc) is 2.73. The molecular weight excluding hydrogens is 268 g/mol. The van der Waals surface area contributed by atoms with Gasteiger partial charge in [-0.25, -0.2) is 0 Å². The number of halogens is 1. The number of anilines is 1. The van der Waals surface area contributed by atoms with E-state index in [0.717, 1.165) is 20.5 Å². The fourth-order valence-electron chi connectivity index (χ4n) is 1.72. The van der Waals surface area contributed by atoms with Gasteiger partial charge in [-0.2, -0.15) is 0 Å². The Hall–Kier alpha value is -1.52. The molecule has 0 fully saturated rings. The number of nitrogens with one attached hydrogen (secondary N) is 1. The predicted octanol–water partition coefficient (Wildman–Crippen LogP) is 3.42. The van der Waals surface area contributed by atoms with Crippen LogP contribution in [0, 0.1) is 6.92 Å². The number of carbonyl (C=O) groups is 1. The van der Waals surface area contributed by atoms with Gasteiger partial charge in [0, 0.05) is 22.7 Å². The lowest BCUT2D eigenvalue weighted by atomic mass is 10.1. The summed E-state index contributed by atoms with van der Waals surface area (Å²) in [6.45, 7) is 2.56. The number of thiophene rings is 1. The molecule has 1 heterocycles. The lowest BCUT2D eigenvalue weighted by molar-refractivity contribution is 0.1000. The van der Waals surface area contributed by atoms with E-state index in [0.29, 0.717) is 12.1 Å². The number of hydrogen-bond acceptors (Lipinski definition) is 3. The van der Waals surface area contributed by atoms with Crippen molar-refractivity contribution >= 4 is 34.5 Å². The van der Waals surface area contributed by atoms with E-state index >= 15 is 0 Å². The number of hydrogen-bond donors (Lipinski definition) is 2. The molecule has 94 valence electrons. The molecule has 0 radical (unpaired) electrons. The molecule has 0 saturated heterocycles. The zero-order chi connectivity index (χ0) is 13.1. The van der Waals surface area contributed by atoms with Crippen LogP contribution in [0.3, 0.4) is 0 Å². The number of benzene rings is 1. The smallest absolute Gasteiger partial charge is 0.249 e.